The SMILES string of the molecule is CCNC(=NCc1ccccc1[N+](=O)[O-])NC1CCN(c2ccccc2OC(F)F)C1. The summed E-state index contributed by atoms with van der Waals surface area (Å²) in [4.78, 5) is 17.3. The summed E-state index contributed by atoms with van der Waals surface area (Å²) in [5.41, 5.74) is 1.18. The molecule has 0 spiro atoms. The largest absolute Gasteiger partial charge is 0.433 e. The number of hydrogen-bond donors (Lipinski definition) is 2. The highest BCUT2D eigenvalue weighted by molar-refractivity contribution is 5.80. The number of guanidine groups is 1. The van der Waals surface area contributed by atoms with Crippen molar-refractivity contribution in [1.82, 2.24) is 10.6 Å². The molecular formula is C21H25F2N5O3. The van der Waals surface area contributed by atoms with Crippen LogP contribution in [0, 0.1) is 10.1 Å². The van der Waals surface area contributed by atoms with Gasteiger partial charge in [0.05, 0.1) is 22.7 Å². The number of alkyl halides is 2. The van der Waals surface area contributed by atoms with Crippen LogP contribution in [-0.2, 0) is 6.54 Å². The van der Waals surface area contributed by atoms with Crippen LogP contribution < -0.4 is 20.3 Å². The maximum absolute atomic E-state index is 12.7. The van der Waals surface area contributed by atoms with E-state index in [9.17, 15) is 18.9 Å². The number of hydrogen-bond acceptors (Lipinski definition) is 5. The quantitative estimate of drug-likeness (QED) is 0.286. The summed E-state index contributed by atoms with van der Waals surface area (Å²) >= 11 is 0. The molecule has 0 bridgehead atoms. The highest BCUT2D eigenvalue weighted by Gasteiger charge is 2.26. The minimum atomic E-state index is -2.88. The number of nitro benzene ring substituents is 1. The smallest absolute Gasteiger partial charge is 0.387 e. The van der Waals surface area contributed by atoms with Crippen molar-refractivity contribution in [2.45, 2.75) is 32.5 Å². The number of ether oxygens (including phenoxy) is 1. The van der Waals surface area contributed by atoms with Crippen molar-refractivity contribution in [3.8, 4) is 5.75 Å². The van der Waals surface area contributed by atoms with E-state index in [1.54, 1.807) is 36.4 Å². The van der Waals surface area contributed by atoms with Crippen LogP contribution in [0.2, 0.25) is 0 Å². The van der Waals surface area contributed by atoms with E-state index in [2.05, 4.69) is 20.4 Å². The molecule has 0 aliphatic carbocycles. The minimum absolute atomic E-state index is 0.0307. The Morgan fingerprint density at radius 1 is 1.29 bits per heavy atom. The molecule has 2 N–H and O–H groups in total. The number of halogens is 2. The lowest BCUT2D eigenvalue weighted by molar-refractivity contribution is -0.385. The molecule has 0 aromatic heterocycles. The van der Waals surface area contributed by atoms with Crippen LogP contribution in [-0.4, -0.2) is 43.2 Å². The third kappa shape index (κ3) is 6.03. The second kappa shape index (κ2) is 10.6. The van der Waals surface area contributed by atoms with Gasteiger partial charge in [-0.1, -0.05) is 30.3 Å². The summed E-state index contributed by atoms with van der Waals surface area (Å²) in [6.45, 7) is 1.09. The van der Waals surface area contributed by atoms with Crippen molar-refractivity contribution in [2.75, 3.05) is 24.5 Å². The number of para-hydroxylation sites is 3. The molecule has 2 aromatic carbocycles. The zero-order valence-corrected chi connectivity index (χ0v) is 17.1. The number of benzene rings is 2. The van der Waals surface area contributed by atoms with Gasteiger partial charge in [-0.2, -0.15) is 8.78 Å². The van der Waals surface area contributed by atoms with Crippen molar-refractivity contribution in [1.29, 1.82) is 0 Å². The average Bonchev–Trinajstić information content (AvgIpc) is 3.20. The van der Waals surface area contributed by atoms with E-state index >= 15 is 0 Å². The Morgan fingerprint density at radius 2 is 2.03 bits per heavy atom. The van der Waals surface area contributed by atoms with Gasteiger partial charge in [-0.3, -0.25) is 10.1 Å². The van der Waals surface area contributed by atoms with E-state index in [4.69, 9.17) is 0 Å². The van der Waals surface area contributed by atoms with Gasteiger partial charge in [0.2, 0.25) is 0 Å². The monoisotopic (exact) mass is 433 g/mol. The van der Waals surface area contributed by atoms with Crippen LogP contribution in [0.25, 0.3) is 0 Å². The van der Waals surface area contributed by atoms with Crippen LogP contribution in [0.1, 0.15) is 18.9 Å². The molecule has 166 valence electrons. The summed E-state index contributed by atoms with van der Waals surface area (Å²) in [7, 11) is 0. The summed E-state index contributed by atoms with van der Waals surface area (Å²) in [5, 5.41) is 17.7. The summed E-state index contributed by atoms with van der Waals surface area (Å²) in [6.07, 6.45) is 0.777. The molecule has 1 fully saturated rings. The zero-order valence-electron chi connectivity index (χ0n) is 17.1. The van der Waals surface area contributed by atoms with E-state index in [-0.39, 0.29) is 24.0 Å². The van der Waals surface area contributed by atoms with Gasteiger partial charge in [-0.15, -0.1) is 0 Å². The third-order valence-corrected chi connectivity index (χ3v) is 4.89. The number of nitrogens with zero attached hydrogens (tertiary/aromatic N) is 3. The Balaban J connectivity index is 1.67. The fraction of sp³-hybridized carbons (Fsp3) is 0.381. The number of anilines is 1. The highest BCUT2D eigenvalue weighted by atomic mass is 19.3. The van der Waals surface area contributed by atoms with Gasteiger partial charge in [0.25, 0.3) is 5.69 Å². The van der Waals surface area contributed by atoms with Gasteiger partial charge in [-0.25, -0.2) is 4.99 Å². The van der Waals surface area contributed by atoms with Gasteiger partial charge in [0, 0.05) is 31.7 Å². The Labute approximate surface area is 179 Å². The van der Waals surface area contributed by atoms with Crippen molar-refractivity contribution in [2.24, 2.45) is 4.99 Å². The van der Waals surface area contributed by atoms with E-state index < -0.39 is 11.5 Å². The van der Waals surface area contributed by atoms with Crippen LogP contribution in [0.15, 0.2) is 53.5 Å². The van der Waals surface area contributed by atoms with Crippen LogP contribution >= 0.6 is 0 Å². The van der Waals surface area contributed by atoms with Gasteiger partial charge < -0.3 is 20.3 Å². The zero-order chi connectivity index (χ0) is 22.2. The molecule has 10 heteroatoms. The first-order chi connectivity index (χ1) is 15.0. The Morgan fingerprint density at radius 3 is 2.77 bits per heavy atom. The number of aliphatic imine (C=N–C) groups is 1. The third-order valence-electron chi connectivity index (χ3n) is 4.89. The van der Waals surface area contributed by atoms with Gasteiger partial charge in [0.1, 0.15) is 5.75 Å². The lowest BCUT2D eigenvalue weighted by Gasteiger charge is -2.22. The maximum atomic E-state index is 12.7. The lowest BCUT2D eigenvalue weighted by atomic mass is 10.2. The number of rotatable bonds is 8. The molecule has 8 nitrogen and oxygen atoms in total. The van der Waals surface area contributed by atoms with Crippen molar-refractivity contribution in [3.63, 3.8) is 0 Å². The van der Waals surface area contributed by atoms with Gasteiger partial charge in [-0.05, 0) is 25.5 Å². The fourth-order valence-electron chi connectivity index (χ4n) is 3.51. The molecule has 1 saturated heterocycles. The molecule has 0 radical (unpaired) electrons. The molecule has 0 amide bonds. The first-order valence-corrected chi connectivity index (χ1v) is 10.0. The predicted molar refractivity (Wildman–Crippen MR) is 115 cm³/mol. The molecule has 31 heavy (non-hydrogen) atoms. The predicted octanol–water partition coefficient (Wildman–Crippen LogP) is 3.53. The first-order valence-electron chi connectivity index (χ1n) is 10.0. The van der Waals surface area contributed by atoms with Crippen LogP contribution in [0.3, 0.4) is 0 Å². The van der Waals surface area contributed by atoms with E-state index in [0.29, 0.717) is 36.8 Å². The van der Waals surface area contributed by atoms with E-state index in [1.807, 2.05) is 11.8 Å². The van der Waals surface area contributed by atoms with Crippen molar-refractivity contribution >= 4 is 17.3 Å². The number of nitrogens with one attached hydrogen (secondary N) is 2. The molecule has 1 aliphatic rings. The highest BCUT2D eigenvalue weighted by Crippen LogP contribution is 2.31. The van der Waals surface area contributed by atoms with Crippen LogP contribution in [0.4, 0.5) is 20.2 Å². The molecule has 1 heterocycles. The summed E-state index contributed by atoms with van der Waals surface area (Å²) in [5.74, 6) is 0.694. The van der Waals surface area contributed by atoms with Gasteiger partial charge >= 0.3 is 6.61 Å². The number of nitro groups is 1. The second-order valence-electron chi connectivity index (χ2n) is 7.00. The average molecular weight is 433 g/mol. The first kappa shape index (κ1) is 22.3. The standard InChI is InChI=1S/C21H25F2N5O3/c1-2-24-21(25-13-15-7-3-4-8-17(15)28(29)30)26-16-11-12-27(14-16)18-9-5-6-10-19(18)31-20(22)23/h3-10,16,20H,2,11-14H2,1H3,(H2,24,25,26). The summed E-state index contributed by atoms with van der Waals surface area (Å²) < 4.78 is 30.1. The normalized spacial score (nSPS) is 16.5. The molecule has 1 atom stereocenters. The second-order valence-corrected chi connectivity index (χ2v) is 7.00. The minimum Gasteiger partial charge on any atom is -0.433 e. The van der Waals surface area contributed by atoms with Crippen molar-refractivity contribution in [3.05, 3.63) is 64.2 Å². The molecular weight excluding hydrogens is 408 g/mol. The Kier molecular flexibility index (Phi) is 7.58. The summed E-state index contributed by atoms with van der Waals surface area (Å²) in [6, 6.07) is 13.3. The lowest BCUT2D eigenvalue weighted by Crippen LogP contribution is -2.44. The molecule has 0 saturated carbocycles. The molecule has 1 unspecified atom stereocenters. The Bertz CT molecular complexity index is 925. The molecule has 2 aromatic rings. The molecule has 1 aliphatic heterocycles. The van der Waals surface area contributed by atoms with Gasteiger partial charge in [0.15, 0.2) is 5.96 Å². The van der Waals surface area contributed by atoms with Crippen LogP contribution in [0.5, 0.6) is 5.75 Å². The fourth-order valence-corrected chi connectivity index (χ4v) is 3.51. The molecule has 3 rings (SSSR count). The van der Waals surface area contributed by atoms with E-state index in [0.717, 1.165) is 6.42 Å². The van der Waals surface area contributed by atoms with Crippen molar-refractivity contribution < 1.29 is 18.4 Å². The maximum Gasteiger partial charge on any atom is 0.387 e. The topological polar surface area (TPSA) is 92.0 Å². The van der Waals surface area contributed by atoms with E-state index in [1.165, 1.54) is 12.1 Å². The Hall–Kier alpha value is -3.43.